The van der Waals surface area contributed by atoms with E-state index < -0.39 is 0 Å². The minimum Gasteiger partial charge on any atom is -0.393 e. The fraction of sp³-hybridized carbons (Fsp3) is 1.00. The van der Waals surface area contributed by atoms with Crippen LogP contribution in [0.3, 0.4) is 0 Å². The fourth-order valence-electron chi connectivity index (χ4n) is 2.24. The van der Waals surface area contributed by atoms with Gasteiger partial charge in [0.25, 0.3) is 0 Å². The van der Waals surface area contributed by atoms with E-state index in [-0.39, 0.29) is 12.2 Å². The molecular formula is C15H32O2. The van der Waals surface area contributed by atoms with Gasteiger partial charge in [0.05, 0.1) is 12.2 Å². The van der Waals surface area contributed by atoms with Gasteiger partial charge in [-0.1, -0.05) is 40.5 Å². The maximum atomic E-state index is 9.60. The van der Waals surface area contributed by atoms with Crippen molar-refractivity contribution < 1.29 is 10.2 Å². The molecule has 0 aromatic carbocycles. The first-order chi connectivity index (χ1) is 8.01. The zero-order valence-corrected chi connectivity index (χ0v) is 12.2. The lowest BCUT2D eigenvalue weighted by atomic mass is 9.85. The molecule has 0 aromatic rings. The smallest absolute Gasteiger partial charge is 0.0537 e. The first kappa shape index (κ1) is 16.9. The third kappa shape index (κ3) is 8.62. The lowest BCUT2D eigenvalue weighted by Crippen LogP contribution is -2.14. The van der Waals surface area contributed by atoms with Gasteiger partial charge in [0, 0.05) is 0 Å². The largest absolute Gasteiger partial charge is 0.393 e. The summed E-state index contributed by atoms with van der Waals surface area (Å²) in [5, 5.41) is 19.1. The van der Waals surface area contributed by atoms with E-state index in [1.54, 1.807) is 0 Å². The number of hydrogen-bond donors (Lipinski definition) is 2. The first-order valence-corrected chi connectivity index (χ1v) is 7.37. The summed E-state index contributed by atoms with van der Waals surface area (Å²) in [6, 6.07) is 0. The van der Waals surface area contributed by atoms with Crippen molar-refractivity contribution in [3.63, 3.8) is 0 Å². The second kappa shape index (κ2) is 9.90. The molecule has 0 amide bonds. The topological polar surface area (TPSA) is 40.5 Å². The van der Waals surface area contributed by atoms with Crippen molar-refractivity contribution >= 4 is 0 Å². The highest BCUT2D eigenvalue weighted by molar-refractivity contribution is 4.67. The number of aliphatic hydroxyl groups excluding tert-OH is 2. The number of rotatable bonds is 10. The average molecular weight is 244 g/mol. The van der Waals surface area contributed by atoms with Gasteiger partial charge in [0.15, 0.2) is 0 Å². The van der Waals surface area contributed by atoms with Crippen LogP contribution in [0.2, 0.25) is 0 Å². The Morgan fingerprint density at radius 2 is 1.29 bits per heavy atom. The van der Waals surface area contributed by atoms with Crippen LogP contribution in [-0.4, -0.2) is 22.4 Å². The molecule has 2 nitrogen and oxygen atoms in total. The predicted molar refractivity (Wildman–Crippen MR) is 74.0 cm³/mol. The van der Waals surface area contributed by atoms with Gasteiger partial charge in [-0.25, -0.2) is 0 Å². The normalized spacial score (nSPS) is 17.1. The van der Waals surface area contributed by atoms with Crippen LogP contribution in [0.25, 0.3) is 0 Å². The average Bonchev–Trinajstić information content (AvgIpc) is 2.31. The van der Waals surface area contributed by atoms with Gasteiger partial charge in [-0.15, -0.1) is 0 Å². The van der Waals surface area contributed by atoms with Crippen molar-refractivity contribution in [2.24, 2.45) is 11.8 Å². The molecule has 0 aliphatic rings. The van der Waals surface area contributed by atoms with Crippen LogP contribution in [-0.2, 0) is 0 Å². The Hall–Kier alpha value is -0.0800. The SMILES string of the molecule is CCC(O)CCCC(CCC(O)CC)C(C)C. The first-order valence-electron chi connectivity index (χ1n) is 7.37. The van der Waals surface area contributed by atoms with E-state index in [0.29, 0.717) is 11.8 Å². The standard InChI is InChI=1S/C15H32O2/c1-5-14(16)9-7-8-13(12(3)4)10-11-15(17)6-2/h12-17H,5-11H2,1-4H3. The molecule has 0 aliphatic heterocycles. The van der Waals surface area contributed by atoms with Crippen molar-refractivity contribution in [1.82, 2.24) is 0 Å². The van der Waals surface area contributed by atoms with Gasteiger partial charge in [-0.05, 0) is 43.9 Å². The van der Waals surface area contributed by atoms with E-state index in [1.807, 2.05) is 13.8 Å². The van der Waals surface area contributed by atoms with Gasteiger partial charge >= 0.3 is 0 Å². The van der Waals surface area contributed by atoms with Crippen molar-refractivity contribution in [3.8, 4) is 0 Å². The maximum Gasteiger partial charge on any atom is 0.0537 e. The van der Waals surface area contributed by atoms with E-state index in [4.69, 9.17) is 0 Å². The Morgan fingerprint density at radius 1 is 0.765 bits per heavy atom. The quantitative estimate of drug-likeness (QED) is 0.614. The van der Waals surface area contributed by atoms with E-state index >= 15 is 0 Å². The highest BCUT2D eigenvalue weighted by Crippen LogP contribution is 2.25. The lowest BCUT2D eigenvalue weighted by molar-refractivity contribution is 0.136. The molecule has 0 rings (SSSR count). The second-order valence-electron chi connectivity index (χ2n) is 5.64. The van der Waals surface area contributed by atoms with Crippen molar-refractivity contribution in [3.05, 3.63) is 0 Å². The van der Waals surface area contributed by atoms with Crippen molar-refractivity contribution in [1.29, 1.82) is 0 Å². The summed E-state index contributed by atoms with van der Waals surface area (Å²) in [7, 11) is 0. The van der Waals surface area contributed by atoms with E-state index in [2.05, 4.69) is 13.8 Å². The monoisotopic (exact) mass is 244 g/mol. The molecule has 0 radical (unpaired) electrons. The Labute approximate surface area is 107 Å². The van der Waals surface area contributed by atoms with E-state index in [9.17, 15) is 10.2 Å². The van der Waals surface area contributed by atoms with Crippen LogP contribution in [0.4, 0.5) is 0 Å². The molecule has 0 bridgehead atoms. The van der Waals surface area contributed by atoms with Crippen LogP contribution in [0.5, 0.6) is 0 Å². The molecule has 0 saturated heterocycles. The highest BCUT2D eigenvalue weighted by Gasteiger charge is 2.15. The molecular weight excluding hydrogens is 212 g/mol. The fourth-order valence-corrected chi connectivity index (χ4v) is 2.24. The predicted octanol–water partition coefficient (Wildman–Crippen LogP) is 3.75. The zero-order valence-electron chi connectivity index (χ0n) is 12.2. The Kier molecular flexibility index (Phi) is 9.85. The summed E-state index contributed by atoms with van der Waals surface area (Å²) < 4.78 is 0. The maximum absolute atomic E-state index is 9.60. The Bertz CT molecular complexity index is 168. The van der Waals surface area contributed by atoms with Crippen molar-refractivity contribution in [2.75, 3.05) is 0 Å². The lowest BCUT2D eigenvalue weighted by Gasteiger charge is -2.22. The van der Waals surface area contributed by atoms with E-state index in [0.717, 1.165) is 38.5 Å². The molecule has 0 saturated carbocycles. The van der Waals surface area contributed by atoms with Crippen LogP contribution < -0.4 is 0 Å². The molecule has 0 aliphatic carbocycles. The summed E-state index contributed by atoms with van der Waals surface area (Å²) >= 11 is 0. The summed E-state index contributed by atoms with van der Waals surface area (Å²) in [4.78, 5) is 0. The van der Waals surface area contributed by atoms with Crippen LogP contribution in [0.15, 0.2) is 0 Å². The molecule has 0 aromatic heterocycles. The van der Waals surface area contributed by atoms with E-state index in [1.165, 1.54) is 6.42 Å². The van der Waals surface area contributed by atoms with Crippen molar-refractivity contribution in [2.45, 2.75) is 84.8 Å². The summed E-state index contributed by atoms with van der Waals surface area (Å²) in [6.45, 7) is 8.59. The van der Waals surface area contributed by atoms with Gasteiger partial charge in [-0.3, -0.25) is 0 Å². The molecule has 3 atom stereocenters. The molecule has 17 heavy (non-hydrogen) atoms. The van der Waals surface area contributed by atoms with Gasteiger partial charge < -0.3 is 10.2 Å². The second-order valence-corrected chi connectivity index (χ2v) is 5.64. The minimum atomic E-state index is -0.127. The summed E-state index contributed by atoms with van der Waals surface area (Å²) in [5.41, 5.74) is 0. The third-order valence-electron chi connectivity index (χ3n) is 3.87. The molecule has 3 unspecified atom stereocenters. The molecule has 0 heterocycles. The molecule has 0 fully saturated rings. The van der Waals surface area contributed by atoms with Crippen LogP contribution >= 0.6 is 0 Å². The summed E-state index contributed by atoms with van der Waals surface area (Å²) in [5.74, 6) is 1.37. The third-order valence-corrected chi connectivity index (χ3v) is 3.87. The summed E-state index contributed by atoms with van der Waals surface area (Å²) in [6.07, 6.45) is 6.74. The molecule has 2 heteroatoms. The van der Waals surface area contributed by atoms with Gasteiger partial charge in [-0.2, -0.15) is 0 Å². The zero-order chi connectivity index (χ0) is 13.3. The number of aliphatic hydroxyl groups is 2. The van der Waals surface area contributed by atoms with Gasteiger partial charge in [0.1, 0.15) is 0 Å². The van der Waals surface area contributed by atoms with Gasteiger partial charge in [0.2, 0.25) is 0 Å². The number of hydrogen-bond acceptors (Lipinski definition) is 2. The molecule has 2 N–H and O–H groups in total. The van der Waals surface area contributed by atoms with Crippen LogP contribution in [0, 0.1) is 11.8 Å². The van der Waals surface area contributed by atoms with Crippen LogP contribution in [0.1, 0.15) is 72.6 Å². The Balaban J connectivity index is 3.82. The molecule has 104 valence electrons. The Morgan fingerprint density at radius 3 is 1.76 bits per heavy atom. The highest BCUT2D eigenvalue weighted by atomic mass is 16.3. The molecule has 0 spiro atoms. The minimum absolute atomic E-state index is 0.121.